The standard InChI is InChI=1S/C13H19N5O2/c1-9-15-16-11-5-4-10(7-18(9)11)14-12(19)8-17-6-2-3-13(17)20/h10H,2-8H2,1H3,(H,14,19)/t10-/m0/s1. The van der Waals surface area contributed by atoms with Gasteiger partial charge in [-0.1, -0.05) is 0 Å². The molecule has 0 spiro atoms. The molecule has 0 aromatic carbocycles. The second kappa shape index (κ2) is 5.22. The van der Waals surface area contributed by atoms with Crippen LogP contribution in [0.25, 0.3) is 0 Å². The summed E-state index contributed by atoms with van der Waals surface area (Å²) in [5.41, 5.74) is 0. The van der Waals surface area contributed by atoms with E-state index in [9.17, 15) is 9.59 Å². The van der Waals surface area contributed by atoms with E-state index in [4.69, 9.17) is 0 Å². The maximum Gasteiger partial charge on any atom is 0.239 e. The van der Waals surface area contributed by atoms with E-state index >= 15 is 0 Å². The van der Waals surface area contributed by atoms with Crippen LogP contribution in [-0.2, 0) is 22.6 Å². The lowest BCUT2D eigenvalue weighted by Crippen LogP contribution is -2.45. The van der Waals surface area contributed by atoms with Crippen LogP contribution in [-0.4, -0.2) is 50.6 Å². The fourth-order valence-electron chi connectivity index (χ4n) is 2.90. The third kappa shape index (κ3) is 2.52. The van der Waals surface area contributed by atoms with Crippen molar-refractivity contribution in [2.24, 2.45) is 0 Å². The number of nitrogens with one attached hydrogen (secondary N) is 1. The predicted molar refractivity (Wildman–Crippen MR) is 70.8 cm³/mol. The largest absolute Gasteiger partial charge is 0.350 e. The molecule has 3 heterocycles. The van der Waals surface area contributed by atoms with E-state index in [-0.39, 0.29) is 24.4 Å². The molecule has 1 aromatic heterocycles. The molecule has 0 aliphatic carbocycles. The van der Waals surface area contributed by atoms with Gasteiger partial charge in [-0.25, -0.2) is 0 Å². The summed E-state index contributed by atoms with van der Waals surface area (Å²) >= 11 is 0. The number of nitrogens with zero attached hydrogens (tertiary/aromatic N) is 4. The van der Waals surface area contributed by atoms with Gasteiger partial charge < -0.3 is 14.8 Å². The molecular formula is C13H19N5O2. The fraction of sp³-hybridized carbons (Fsp3) is 0.692. The molecule has 0 bridgehead atoms. The van der Waals surface area contributed by atoms with Gasteiger partial charge in [0, 0.05) is 32.0 Å². The smallest absolute Gasteiger partial charge is 0.239 e. The molecule has 0 unspecified atom stereocenters. The van der Waals surface area contributed by atoms with Gasteiger partial charge in [-0.3, -0.25) is 9.59 Å². The van der Waals surface area contributed by atoms with Crippen molar-refractivity contribution >= 4 is 11.8 Å². The fourth-order valence-corrected chi connectivity index (χ4v) is 2.90. The van der Waals surface area contributed by atoms with Crippen LogP contribution in [0.15, 0.2) is 0 Å². The number of fused-ring (bicyclic) bond motifs is 1. The summed E-state index contributed by atoms with van der Waals surface area (Å²) in [4.78, 5) is 25.1. The van der Waals surface area contributed by atoms with Gasteiger partial charge in [0.15, 0.2) is 0 Å². The molecule has 20 heavy (non-hydrogen) atoms. The van der Waals surface area contributed by atoms with Gasteiger partial charge in [-0.05, 0) is 19.8 Å². The molecule has 1 atom stereocenters. The van der Waals surface area contributed by atoms with Crippen molar-refractivity contribution in [1.29, 1.82) is 0 Å². The van der Waals surface area contributed by atoms with E-state index in [1.54, 1.807) is 4.90 Å². The van der Waals surface area contributed by atoms with Crippen LogP contribution < -0.4 is 5.32 Å². The number of carbonyl (C=O) groups is 2. The summed E-state index contributed by atoms with van der Waals surface area (Å²) in [6, 6.07) is 0.0994. The molecule has 2 aliphatic heterocycles. The van der Waals surface area contributed by atoms with Crippen molar-refractivity contribution in [3.05, 3.63) is 11.6 Å². The van der Waals surface area contributed by atoms with Crippen LogP contribution >= 0.6 is 0 Å². The Labute approximate surface area is 117 Å². The third-order valence-electron chi connectivity index (χ3n) is 4.00. The second-order valence-electron chi connectivity index (χ2n) is 5.50. The summed E-state index contributed by atoms with van der Waals surface area (Å²) < 4.78 is 2.05. The van der Waals surface area contributed by atoms with Crippen LogP contribution in [0.2, 0.25) is 0 Å². The molecule has 108 valence electrons. The van der Waals surface area contributed by atoms with Crippen molar-refractivity contribution in [1.82, 2.24) is 25.0 Å². The number of amides is 2. The Morgan fingerprint density at radius 3 is 3.00 bits per heavy atom. The van der Waals surface area contributed by atoms with Gasteiger partial charge >= 0.3 is 0 Å². The number of rotatable bonds is 3. The highest BCUT2D eigenvalue weighted by atomic mass is 16.2. The molecule has 1 aromatic rings. The van der Waals surface area contributed by atoms with Crippen LogP contribution in [0.5, 0.6) is 0 Å². The Hall–Kier alpha value is -1.92. The summed E-state index contributed by atoms with van der Waals surface area (Å²) in [6.07, 6.45) is 3.13. The van der Waals surface area contributed by atoms with Gasteiger partial charge in [0.2, 0.25) is 11.8 Å². The summed E-state index contributed by atoms with van der Waals surface area (Å²) in [5.74, 6) is 1.89. The summed E-state index contributed by atoms with van der Waals surface area (Å²) in [6.45, 7) is 3.52. The zero-order chi connectivity index (χ0) is 14.1. The first-order valence-electron chi connectivity index (χ1n) is 7.09. The van der Waals surface area contributed by atoms with Crippen molar-refractivity contribution in [3.8, 4) is 0 Å². The van der Waals surface area contributed by atoms with E-state index < -0.39 is 0 Å². The number of carbonyl (C=O) groups excluding carboxylic acids is 2. The minimum atomic E-state index is -0.0700. The molecular weight excluding hydrogens is 258 g/mol. The number of hydrogen-bond acceptors (Lipinski definition) is 4. The number of aryl methyl sites for hydroxylation is 2. The molecule has 3 rings (SSSR count). The maximum absolute atomic E-state index is 12.0. The van der Waals surface area contributed by atoms with Gasteiger partial charge in [0.25, 0.3) is 0 Å². The van der Waals surface area contributed by atoms with Gasteiger partial charge in [-0.2, -0.15) is 0 Å². The lowest BCUT2D eigenvalue weighted by Gasteiger charge is -2.26. The number of aromatic nitrogens is 3. The van der Waals surface area contributed by atoms with Crippen LogP contribution in [0.1, 0.15) is 30.9 Å². The Morgan fingerprint density at radius 2 is 2.25 bits per heavy atom. The molecule has 1 saturated heterocycles. The average molecular weight is 277 g/mol. The van der Waals surface area contributed by atoms with Gasteiger partial charge in [-0.15, -0.1) is 10.2 Å². The van der Waals surface area contributed by atoms with Gasteiger partial charge in [0.1, 0.15) is 11.6 Å². The normalized spacial score (nSPS) is 21.9. The molecule has 0 radical (unpaired) electrons. The molecule has 7 heteroatoms. The highest BCUT2D eigenvalue weighted by Gasteiger charge is 2.26. The second-order valence-corrected chi connectivity index (χ2v) is 5.50. The van der Waals surface area contributed by atoms with E-state index in [0.717, 1.165) is 30.9 Å². The monoisotopic (exact) mass is 277 g/mol. The van der Waals surface area contributed by atoms with E-state index in [1.165, 1.54) is 0 Å². The number of likely N-dealkylation sites (tertiary alicyclic amines) is 1. The summed E-state index contributed by atoms with van der Waals surface area (Å²) in [7, 11) is 0. The van der Waals surface area contributed by atoms with Crippen LogP contribution in [0, 0.1) is 6.92 Å². The SMILES string of the molecule is Cc1nnc2n1C[C@@H](NC(=O)CN1CCCC1=O)CC2. The molecule has 7 nitrogen and oxygen atoms in total. The quantitative estimate of drug-likeness (QED) is 0.818. The Kier molecular flexibility index (Phi) is 3.42. The van der Waals surface area contributed by atoms with E-state index in [1.807, 2.05) is 6.92 Å². The topological polar surface area (TPSA) is 80.1 Å². The molecule has 2 amide bonds. The van der Waals surface area contributed by atoms with E-state index in [2.05, 4.69) is 20.1 Å². The lowest BCUT2D eigenvalue weighted by atomic mass is 10.1. The van der Waals surface area contributed by atoms with Crippen LogP contribution in [0.3, 0.4) is 0 Å². The number of hydrogen-bond donors (Lipinski definition) is 1. The first kappa shape index (κ1) is 13.1. The Bertz CT molecular complexity index is 539. The molecule has 1 N–H and O–H groups in total. The minimum absolute atomic E-state index is 0.0700. The van der Waals surface area contributed by atoms with Crippen molar-refractivity contribution < 1.29 is 9.59 Å². The minimum Gasteiger partial charge on any atom is -0.350 e. The highest BCUT2D eigenvalue weighted by molar-refractivity contribution is 5.85. The first-order chi connectivity index (χ1) is 9.63. The Balaban J connectivity index is 1.55. The van der Waals surface area contributed by atoms with Crippen molar-refractivity contribution in [3.63, 3.8) is 0 Å². The molecule has 2 aliphatic rings. The molecule has 0 saturated carbocycles. The maximum atomic E-state index is 12.0. The Morgan fingerprint density at radius 1 is 1.40 bits per heavy atom. The zero-order valence-corrected chi connectivity index (χ0v) is 11.6. The van der Waals surface area contributed by atoms with Gasteiger partial charge in [0.05, 0.1) is 6.54 Å². The third-order valence-corrected chi connectivity index (χ3v) is 4.00. The van der Waals surface area contributed by atoms with Crippen molar-refractivity contribution in [2.45, 2.75) is 45.2 Å². The van der Waals surface area contributed by atoms with Crippen molar-refractivity contribution in [2.75, 3.05) is 13.1 Å². The molecule has 1 fully saturated rings. The lowest BCUT2D eigenvalue weighted by molar-refractivity contribution is -0.133. The first-order valence-corrected chi connectivity index (χ1v) is 7.09. The average Bonchev–Trinajstić information content (AvgIpc) is 2.98. The zero-order valence-electron chi connectivity index (χ0n) is 11.6. The van der Waals surface area contributed by atoms with Crippen LogP contribution in [0.4, 0.5) is 0 Å². The predicted octanol–water partition coefficient (Wildman–Crippen LogP) is -0.360. The van der Waals surface area contributed by atoms with E-state index in [0.29, 0.717) is 19.5 Å². The summed E-state index contributed by atoms with van der Waals surface area (Å²) in [5, 5.41) is 11.2. The highest BCUT2D eigenvalue weighted by Crippen LogP contribution is 2.15.